The third-order valence-electron chi connectivity index (χ3n) is 2.42. The van der Waals surface area contributed by atoms with E-state index in [4.69, 9.17) is 5.73 Å². The second-order valence-corrected chi connectivity index (χ2v) is 4.18. The summed E-state index contributed by atoms with van der Waals surface area (Å²) in [6.45, 7) is 0.738. The Morgan fingerprint density at radius 3 is 2.36 bits per heavy atom. The number of carbonyl (C=O) groups excluding carboxylic acids is 4. The van der Waals surface area contributed by atoms with Gasteiger partial charge in [0.25, 0.3) is 11.8 Å². The van der Waals surface area contributed by atoms with Crippen LogP contribution in [-0.2, 0) is 14.3 Å². The normalized spacial score (nSPS) is 11.2. The minimum absolute atomic E-state index is 0.161. The van der Waals surface area contributed by atoms with Gasteiger partial charge in [0.2, 0.25) is 0 Å². The largest absolute Gasteiger partial charge is 0.451 e. The van der Waals surface area contributed by atoms with Crippen molar-refractivity contribution < 1.29 is 28.3 Å². The van der Waals surface area contributed by atoms with Gasteiger partial charge in [-0.3, -0.25) is 19.7 Å². The Balaban J connectivity index is 2.42. The molecule has 1 atom stereocenters. The van der Waals surface area contributed by atoms with E-state index in [0.717, 1.165) is 12.1 Å². The lowest BCUT2D eigenvalue weighted by molar-refractivity contribution is -0.153. The molecular weight excluding hydrogens is 297 g/mol. The minimum Gasteiger partial charge on any atom is -0.451 e. The molecule has 9 heteroatoms. The van der Waals surface area contributed by atoms with Crippen LogP contribution < -0.4 is 16.4 Å². The molecule has 22 heavy (non-hydrogen) atoms. The molecule has 0 aliphatic rings. The van der Waals surface area contributed by atoms with Crippen LogP contribution in [0.5, 0.6) is 0 Å². The molecule has 1 rings (SSSR count). The number of hydrogen-bond acceptors (Lipinski definition) is 5. The first-order chi connectivity index (χ1) is 10.3. The molecule has 0 radical (unpaired) electrons. The first-order valence-electron chi connectivity index (χ1n) is 6.13. The Hall–Kier alpha value is -2.97. The van der Waals surface area contributed by atoms with E-state index in [-0.39, 0.29) is 5.56 Å². The number of esters is 1. The summed E-state index contributed by atoms with van der Waals surface area (Å²) < 4.78 is 17.4. The van der Waals surface area contributed by atoms with Gasteiger partial charge in [-0.15, -0.1) is 0 Å². The van der Waals surface area contributed by atoms with Crippen LogP contribution in [-0.4, -0.2) is 36.5 Å². The standard InChI is InChI=1S/C13H14FN3O5/c1-7(11(19)17-13(15)21)22-10(18)6-16-12(20)8-2-4-9(14)5-3-8/h2-5,7H,6H2,1H3,(H,16,20)(H3,15,17,19,21)/t7-/m1/s1. The Morgan fingerprint density at radius 2 is 1.82 bits per heavy atom. The summed E-state index contributed by atoms with van der Waals surface area (Å²) in [5, 5.41) is 3.99. The molecule has 0 spiro atoms. The van der Waals surface area contributed by atoms with Crippen molar-refractivity contribution in [1.82, 2.24) is 10.6 Å². The fourth-order valence-electron chi connectivity index (χ4n) is 1.37. The number of imide groups is 1. The van der Waals surface area contributed by atoms with Crippen molar-refractivity contribution in [1.29, 1.82) is 0 Å². The highest BCUT2D eigenvalue weighted by molar-refractivity contribution is 5.97. The summed E-state index contributed by atoms with van der Waals surface area (Å²) in [5.41, 5.74) is 4.90. The molecule has 0 saturated carbocycles. The van der Waals surface area contributed by atoms with Gasteiger partial charge in [0.05, 0.1) is 0 Å². The molecule has 1 aromatic carbocycles. The third-order valence-corrected chi connectivity index (χ3v) is 2.42. The van der Waals surface area contributed by atoms with Crippen LogP contribution in [0, 0.1) is 5.82 Å². The van der Waals surface area contributed by atoms with Crippen LogP contribution in [0.4, 0.5) is 9.18 Å². The number of nitrogens with two attached hydrogens (primary N) is 1. The lowest BCUT2D eigenvalue weighted by Gasteiger charge is -2.12. The lowest BCUT2D eigenvalue weighted by atomic mass is 10.2. The Bertz CT molecular complexity index is 588. The number of halogens is 1. The topological polar surface area (TPSA) is 128 Å². The number of amides is 4. The van der Waals surface area contributed by atoms with Crippen molar-refractivity contribution >= 4 is 23.8 Å². The first-order valence-corrected chi connectivity index (χ1v) is 6.13. The summed E-state index contributed by atoms with van der Waals surface area (Å²) >= 11 is 0. The summed E-state index contributed by atoms with van der Waals surface area (Å²) in [6.07, 6.45) is -1.25. The monoisotopic (exact) mass is 311 g/mol. The Kier molecular flexibility index (Phi) is 5.99. The van der Waals surface area contributed by atoms with Gasteiger partial charge in [-0.2, -0.15) is 0 Å². The highest BCUT2D eigenvalue weighted by atomic mass is 19.1. The van der Waals surface area contributed by atoms with E-state index in [0.29, 0.717) is 0 Å². The first kappa shape index (κ1) is 17.1. The summed E-state index contributed by atoms with van der Waals surface area (Å²) in [4.78, 5) is 44.8. The van der Waals surface area contributed by atoms with Crippen LogP contribution in [0.15, 0.2) is 24.3 Å². The molecule has 4 N–H and O–H groups in total. The third kappa shape index (κ3) is 5.57. The number of primary amides is 1. The maximum absolute atomic E-state index is 12.7. The maximum atomic E-state index is 12.7. The quantitative estimate of drug-likeness (QED) is 0.642. The van der Waals surface area contributed by atoms with Crippen molar-refractivity contribution in [2.45, 2.75) is 13.0 Å². The van der Waals surface area contributed by atoms with E-state index in [1.54, 1.807) is 5.32 Å². The van der Waals surface area contributed by atoms with Crippen LogP contribution in [0.2, 0.25) is 0 Å². The van der Waals surface area contributed by atoms with Gasteiger partial charge < -0.3 is 15.8 Å². The molecule has 0 aromatic heterocycles. The van der Waals surface area contributed by atoms with Crippen molar-refractivity contribution in [3.63, 3.8) is 0 Å². The van der Waals surface area contributed by atoms with Crippen molar-refractivity contribution in [2.24, 2.45) is 5.73 Å². The zero-order valence-corrected chi connectivity index (χ0v) is 11.6. The fourth-order valence-corrected chi connectivity index (χ4v) is 1.37. The molecular formula is C13H14FN3O5. The summed E-state index contributed by atoms with van der Waals surface area (Å²) in [5.74, 6) is -2.87. The number of urea groups is 1. The molecule has 118 valence electrons. The summed E-state index contributed by atoms with van der Waals surface area (Å²) in [6, 6.07) is 3.63. The predicted octanol–water partition coefficient (Wildman–Crippen LogP) is -0.318. The van der Waals surface area contributed by atoms with E-state index < -0.39 is 42.3 Å². The van der Waals surface area contributed by atoms with Gasteiger partial charge in [0.15, 0.2) is 6.10 Å². The predicted molar refractivity (Wildman–Crippen MR) is 72.0 cm³/mol. The molecule has 0 bridgehead atoms. The van der Waals surface area contributed by atoms with Crippen LogP contribution in [0.1, 0.15) is 17.3 Å². The maximum Gasteiger partial charge on any atom is 0.326 e. The molecule has 4 amide bonds. The number of ether oxygens (including phenoxy) is 1. The van der Waals surface area contributed by atoms with Gasteiger partial charge in [-0.25, -0.2) is 9.18 Å². The van der Waals surface area contributed by atoms with E-state index in [2.05, 4.69) is 10.1 Å². The molecule has 0 aliphatic heterocycles. The smallest absolute Gasteiger partial charge is 0.326 e. The van der Waals surface area contributed by atoms with E-state index >= 15 is 0 Å². The number of rotatable bonds is 5. The van der Waals surface area contributed by atoms with Crippen LogP contribution in [0.3, 0.4) is 0 Å². The average Bonchev–Trinajstić information content (AvgIpc) is 2.44. The fraction of sp³-hybridized carbons (Fsp3) is 0.231. The zero-order valence-electron chi connectivity index (χ0n) is 11.6. The molecule has 0 aliphatic carbocycles. The van der Waals surface area contributed by atoms with Gasteiger partial charge in [0.1, 0.15) is 12.4 Å². The number of carbonyl (C=O) groups is 4. The minimum atomic E-state index is -1.25. The second-order valence-electron chi connectivity index (χ2n) is 4.18. The van der Waals surface area contributed by atoms with Gasteiger partial charge in [-0.05, 0) is 31.2 Å². The second kappa shape index (κ2) is 7.72. The van der Waals surface area contributed by atoms with E-state index in [1.165, 1.54) is 19.1 Å². The van der Waals surface area contributed by atoms with E-state index in [1.807, 2.05) is 0 Å². The van der Waals surface area contributed by atoms with Crippen LogP contribution >= 0.6 is 0 Å². The number of benzene rings is 1. The average molecular weight is 311 g/mol. The van der Waals surface area contributed by atoms with E-state index in [9.17, 15) is 23.6 Å². The molecule has 1 aromatic rings. The van der Waals surface area contributed by atoms with Gasteiger partial charge >= 0.3 is 12.0 Å². The number of hydrogen-bond donors (Lipinski definition) is 3. The lowest BCUT2D eigenvalue weighted by Crippen LogP contribution is -2.43. The molecule has 0 heterocycles. The molecule has 0 unspecified atom stereocenters. The molecule has 0 fully saturated rings. The Labute approximate surface area is 124 Å². The number of nitrogens with one attached hydrogen (secondary N) is 2. The zero-order chi connectivity index (χ0) is 16.7. The SMILES string of the molecule is C[C@@H](OC(=O)CNC(=O)c1ccc(F)cc1)C(=O)NC(N)=O. The van der Waals surface area contributed by atoms with Gasteiger partial charge in [0, 0.05) is 5.56 Å². The Morgan fingerprint density at radius 1 is 1.23 bits per heavy atom. The van der Waals surface area contributed by atoms with Crippen LogP contribution in [0.25, 0.3) is 0 Å². The highest BCUT2D eigenvalue weighted by Gasteiger charge is 2.19. The molecule has 0 saturated heterocycles. The van der Waals surface area contributed by atoms with Gasteiger partial charge in [-0.1, -0.05) is 0 Å². The van der Waals surface area contributed by atoms with Crippen molar-refractivity contribution in [3.05, 3.63) is 35.6 Å². The van der Waals surface area contributed by atoms with Crippen molar-refractivity contribution in [3.8, 4) is 0 Å². The molecule has 8 nitrogen and oxygen atoms in total. The summed E-state index contributed by atoms with van der Waals surface area (Å²) in [7, 11) is 0. The van der Waals surface area contributed by atoms with Crippen molar-refractivity contribution in [2.75, 3.05) is 6.54 Å². The highest BCUT2D eigenvalue weighted by Crippen LogP contribution is 2.02.